The number of nitrogens with one attached hydrogen (secondary N) is 1. The van der Waals surface area contributed by atoms with Crippen LogP contribution in [-0.2, 0) is 23.1 Å². The molecule has 0 saturated carbocycles. The van der Waals surface area contributed by atoms with Gasteiger partial charge in [0.2, 0.25) is 10.0 Å². The second-order valence-electron chi connectivity index (χ2n) is 4.03. The van der Waals surface area contributed by atoms with Crippen LogP contribution in [-0.4, -0.2) is 13.4 Å². The van der Waals surface area contributed by atoms with Gasteiger partial charge in [-0.2, -0.15) is 0 Å². The number of hydrogen-bond acceptors (Lipinski definition) is 6. The molecule has 8 heteroatoms. The molecule has 0 atom stereocenters. The minimum Gasteiger partial charge on any atom is -0.465 e. The highest BCUT2D eigenvalue weighted by Crippen LogP contribution is 2.26. The van der Waals surface area contributed by atoms with Gasteiger partial charge in [-0.3, -0.25) is 0 Å². The van der Waals surface area contributed by atoms with Gasteiger partial charge in [-0.25, -0.2) is 18.1 Å². The summed E-state index contributed by atoms with van der Waals surface area (Å²) in [6.07, 6.45) is 0. The summed E-state index contributed by atoms with van der Waals surface area (Å²) in [5.74, 6) is 0.887. The maximum Gasteiger partial charge on any atom is 0.244 e. The molecule has 6 nitrogen and oxygen atoms in total. The first-order valence-electron chi connectivity index (χ1n) is 5.61. The van der Waals surface area contributed by atoms with E-state index in [0.29, 0.717) is 22.8 Å². The third kappa shape index (κ3) is 2.86. The Hall–Kier alpha value is -1.22. The number of rotatable bonds is 5. The molecule has 0 unspecified atom stereocenters. The van der Waals surface area contributed by atoms with E-state index in [9.17, 15) is 8.42 Å². The van der Waals surface area contributed by atoms with Crippen LogP contribution in [0.25, 0.3) is 0 Å². The van der Waals surface area contributed by atoms with E-state index in [0.717, 1.165) is 0 Å². The number of thiazole rings is 1. The Morgan fingerprint density at radius 3 is 2.74 bits per heavy atom. The largest absolute Gasteiger partial charge is 0.465 e. The van der Waals surface area contributed by atoms with Crippen molar-refractivity contribution in [2.45, 2.75) is 31.8 Å². The summed E-state index contributed by atoms with van der Waals surface area (Å²) >= 11 is 1.42. The summed E-state index contributed by atoms with van der Waals surface area (Å²) in [4.78, 5) is 4.17. The zero-order valence-electron chi connectivity index (χ0n) is 10.6. The van der Waals surface area contributed by atoms with Gasteiger partial charge >= 0.3 is 0 Å². The number of nitrogens with two attached hydrogens (primary N) is 1. The maximum atomic E-state index is 12.3. The van der Waals surface area contributed by atoms with Crippen molar-refractivity contribution >= 4 is 21.4 Å². The SMILES string of the molecule is Cc1oc(C)c(S(=O)(=O)NCc2cscn2)c1CN. The zero-order valence-corrected chi connectivity index (χ0v) is 12.3. The van der Waals surface area contributed by atoms with E-state index in [4.69, 9.17) is 10.2 Å². The Bertz CT molecular complexity index is 660. The van der Waals surface area contributed by atoms with Crippen molar-refractivity contribution in [3.05, 3.63) is 33.7 Å². The maximum absolute atomic E-state index is 12.3. The second kappa shape index (κ2) is 5.41. The van der Waals surface area contributed by atoms with Crippen LogP contribution in [0.2, 0.25) is 0 Å². The lowest BCUT2D eigenvalue weighted by atomic mass is 10.2. The summed E-state index contributed by atoms with van der Waals surface area (Å²) in [6, 6.07) is 0. The highest BCUT2D eigenvalue weighted by molar-refractivity contribution is 7.89. The molecule has 0 saturated heterocycles. The fraction of sp³-hybridized carbons (Fsp3) is 0.364. The molecular weight excluding hydrogens is 286 g/mol. The Morgan fingerprint density at radius 1 is 1.42 bits per heavy atom. The van der Waals surface area contributed by atoms with Crippen molar-refractivity contribution in [3.63, 3.8) is 0 Å². The van der Waals surface area contributed by atoms with Crippen LogP contribution in [0.3, 0.4) is 0 Å². The third-order valence-corrected chi connectivity index (χ3v) is 4.96. The van der Waals surface area contributed by atoms with Crippen molar-refractivity contribution in [2.24, 2.45) is 5.73 Å². The normalized spacial score (nSPS) is 11.9. The average Bonchev–Trinajstić information content (AvgIpc) is 2.94. The number of nitrogens with zero attached hydrogens (tertiary/aromatic N) is 1. The fourth-order valence-corrected chi connectivity index (χ4v) is 3.88. The van der Waals surface area contributed by atoms with Crippen LogP contribution in [0.4, 0.5) is 0 Å². The second-order valence-corrected chi connectivity index (χ2v) is 6.45. The third-order valence-electron chi connectivity index (χ3n) is 2.72. The molecule has 0 radical (unpaired) electrons. The van der Waals surface area contributed by atoms with Gasteiger partial charge in [0.15, 0.2) is 0 Å². The fourth-order valence-electron chi connectivity index (χ4n) is 1.86. The molecule has 0 aliphatic rings. The van der Waals surface area contributed by atoms with Crippen LogP contribution in [0.5, 0.6) is 0 Å². The molecular formula is C11H15N3O3S2. The van der Waals surface area contributed by atoms with Gasteiger partial charge in [0.1, 0.15) is 16.4 Å². The smallest absolute Gasteiger partial charge is 0.244 e. The van der Waals surface area contributed by atoms with Crippen LogP contribution in [0.15, 0.2) is 20.2 Å². The molecule has 0 bridgehead atoms. The van der Waals surface area contributed by atoms with E-state index >= 15 is 0 Å². The molecule has 0 fully saturated rings. The lowest BCUT2D eigenvalue weighted by Gasteiger charge is -2.06. The molecule has 0 aromatic carbocycles. The summed E-state index contributed by atoms with van der Waals surface area (Å²) in [5, 5.41) is 1.79. The number of aryl methyl sites for hydroxylation is 2. The lowest BCUT2D eigenvalue weighted by Crippen LogP contribution is -2.25. The zero-order chi connectivity index (χ0) is 14.0. The average molecular weight is 301 g/mol. The predicted molar refractivity (Wildman–Crippen MR) is 72.2 cm³/mol. The van der Waals surface area contributed by atoms with Gasteiger partial charge in [0, 0.05) is 17.5 Å². The van der Waals surface area contributed by atoms with Crippen molar-refractivity contribution in [1.82, 2.24) is 9.71 Å². The predicted octanol–water partition coefficient (Wildman–Crippen LogP) is 1.29. The summed E-state index contributed by atoms with van der Waals surface area (Å²) in [7, 11) is -3.65. The molecule has 0 aliphatic carbocycles. The van der Waals surface area contributed by atoms with Gasteiger partial charge < -0.3 is 10.2 Å². The number of furan rings is 1. The van der Waals surface area contributed by atoms with Crippen molar-refractivity contribution in [1.29, 1.82) is 0 Å². The van der Waals surface area contributed by atoms with E-state index in [1.807, 2.05) is 0 Å². The molecule has 19 heavy (non-hydrogen) atoms. The molecule has 3 N–H and O–H groups in total. The van der Waals surface area contributed by atoms with E-state index in [1.54, 1.807) is 24.7 Å². The minimum absolute atomic E-state index is 0.121. The standard InChI is InChI=1S/C11H15N3O3S2/c1-7-10(3-12)11(8(2)17-7)19(15,16)14-4-9-5-18-6-13-9/h5-6,14H,3-4,12H2,1-2H3. The molecule has 2 heterocycles. The first-order valence-corrected chi connectivity index (χ1v) is 8.04. The molecule has 2 aromatic rings. The van der Waals surface area contributed by atoms with Crippen molar-refractivity contribution < 1.29 is 12.8 Å². The van der Waals surface area contributed by atoms with Crippen LogP contribution in [0.1, 0.15) is 22.8 Å². The van der Waals surface area contributed by atoms with Gasteiger partial charge in [0.25, 0.3) is 0 Å². The van der Waals surface area contributed by atoms with Gasteiger partial charge in [0.05, 0.1) is 17.7 Å². The Kier molecular flexibility index (Phi) is 4.04. The molecule has 0 spiro atoms. The first-order chi connectivity index (χ1) is 8.95. The first kappa shape index (κ1) is 14.2. The van der Waals surface area contributed by atoms with Gasteiger partial charge in [-0.1, -0.05) is 0 Å². The lowest BCUT2D eigenvalue weighted by molar-refractivity contribution is 0.494. The molecule has 2 aromatic heterocycles. The van der Waals surface area contributed by atoms with Crippen LogP contribution >= 0.6 is 11.3 Å². The molecule has 104 valence electrons. The quantitative estimate of drug-likeness (QED) is 0.867. The molecule has 0 aliphatic heterocycles. The Balaban J connectivity index is 2.29. The van der Waals surface area contributed by atoms with Gasteiger partial charge in [-0.05, 0) is 13.8 Å². The van der Waals surface area contributed by atoms with Crippen LogP contribution in [0, 0.1) is 13.8 Å². The number of hydrogen-bond donors (Lipinski definition) is 2. The van der Waals surface area contributed by atoms with Crippen molar-refractivity contribution in [2.75, 3.05) is 0 Å². The van der Waals surface area contributed by atoms with Crippen molar-refractivity contribution in [3.8, 4) is 0 Å². The Labute approximate surface area is 115 Å². The summed E-state index contributed by atoms with van der Waals surface area (Å²) < 4.78 is 32.4. The highest BCUT2D eigenvalue weighted by atomic mass is 32.2. The minimum atomic E-state index is -3.65. The van der Waals surface area contributed by atoms with E-state index in [-0.39, 0.29) is 18.0 Å². The van der Waals surface area contributed by atoms with Gasteiger partial charge in [-0.15, -0.1) is 11.3 Å². The van der Waals surface area contributed by atoms with Crippen LogP contribution < -0.4 is 10.5 Å². The van der Waals surface area contributed by atoms with E-state index in [1.165, 1.54) is 11.3 Å². The number of sulfonamides is 1. The Morgan fingerprint density at radius 2 is 2.16 bits per heavy atom. The summed E-state index contributed by atoms with van der Waals surface area (Å²) in [5.41, 5.74) is 8.44. The van der Waals surface area contributed by atoms with E-state index < -0.39 is 10.0 Å². The summed E-state index contributed by atoms with van der Waals surface area (Å²) in [6.45, 7) is 3.59. The highest BCUT2D eigenvalue weighted by Gasteiger charge is 2.25. The molecule has 2 rings (SSSR count). The number of aromatic nitrogens is 1. The topological polar surface area (TPSA) is 98.2 Å². The monoisotopic (exact) mass is 301 g/mol. The molecule has 0 amide bonds. The van der Waals surface area contributed by atoms with E-state index in [2.05, 4.69) is 9.71 Å².